The zero-order valence-electron chi connectivity index (χ0n) is 14.6. The molecule has 3 aromatic rings. The van der Waals surface area contributed by atoms with E-state index in [2.05, 4.69) is 38.9 Å². The van der Waals surface area contributed by atoms with Crippen molar-refractivity contribution in [3.63, 3.8) is 0 Å². The molecule has 0 bridgehead atoms. The molecule has 0 aliphatic heterocycles. The number of nitrogen functional groups attached to an aromatic ring is 1. The largest absolute Gasteiger partial charge is 2.00 e. The molecule has 2 aromatic heterocycles. The van der Waals surface area contributed by atoms with E-state index in [1.54, 1.807) is 0 Å². The van der Waals surface area contributed by atoms with Crippen molar-refractivity contribution in [2.24, 2.45) is 4.99 Å². The first-order valence-corrected chi connectivity index (χ1v) is 7.42. The van der Waals surface area contributed by atoms with Gasteiger partial charge in [0.05, 0.1) is 13.1 Å². The molecule has 3 rings (SSSR count). The summed E-state index contributed by atoms with van der Waals surface area (Å²) in [6, 6.07) is 7.82. The minimum atomic E-state index is -0.283. The zero-order valence-corrected chi connectivity index (χ0v) is 18.8. The Morgan fingerprint density at radius 2 is 1.92 bits per heavy atom. The summed E-state index contributed by atoms with van der Waals surface area (Å²) in [4.78, 5) is 27.3. The molecular weight excluding hydrogens is 556 g/mol. The Morgan fingerprint density at radius 3 is 2.54 bits per heavy atom. The van der Waals surface area contributed by atoms with Gasteiger partial charge in [-0.15, -0.1) is 6.54 Å². The van der Waals surface area contributed by atoms with Crippen LogP contribution in [0, 0.1) is 45.5 Å². The van der Waals surface area contributed by atoms with Crippen LogP contribution in [0.5, 0.6) is 0 Å². The topological polar surface area (TPSA) is 114 Å². The number of nitrogens with zero attached hydrogens (tertiary/aromatic N) is 4. The molecule has 0 unspecified atom stereocenters. The van der Waals surface area contributed by atoms with Crippen LogP contribution in [0.1, 0.15) is 11.1 Å². The number of nitrogens with one attached hydrogen (secondary N) is 2. The number of rotatable bonds is 6. The molecule has 0 fully saturated rings. The van der Waals surface area contributed by atoms with Crippen molar-refractivity contribution in [2.75, 3.05) is 17.6 Å². The maximum Gasteiger partial charge on any atom is 2.00 e. The fourth-order valence-corrected chi connectivity index (χ4v) is 2.45. The number of aromatic nitrogens is 4. The van der Waals surface area contributed by atoms with Crippen LogP contribution in [0.4, 0.5) is 11.8 Å². The average Bonchev–Trinajstić information content (AvgIpc) is 2.87. The van der Waals surface area contributed by atoms with E-state index in [9.17, 15) is 4.79 Å². The summed E-state index contributed by atoms with van der Waals surface area (Å²) in [6.45, 7) is 8.53. The third-order valence-electron chi connectivity index (χ3n) is 3.59. The van der Waals surface area contributed by atoms with E-state index < -0.39 is 0 Å². The van der Waals surface area contributed by atoms with E-state index in [4.69, 9.17) is 5.73 Å². The summed E-state index contributed by atoms with van der Waals surface area (Å²) in [5, 5.41) is 2.90. The molecule has 1 aromatic carbocycles. The van der Waals surface area contributed by atoms with Crippen LogP contribution in [0.2, 0.25) is 0 Å². The van der Waals surface area contributed by atoms with Gasteiger partial charge < -0.3 is 30.4 Å². The summed E-state index contributed by atoms with van der Waals surface area (Å²) in [6.07, 6.45) is 0. The van der Waals surface area contributed by atoms with Crippen molar-refractivity contribution in [3.8, 4) is 0 Å². The number of imidazole rings is 1. The molecule has 0 saturated heterocycles. The fourth-order valence-electron chi connectivity index (χ4n) is 2.45. The number of H-pyrrole nitrogens is 1. The van der Waals surface area contributed by atoms with E-state index in [-0.39, 0.29) is 50.0 Å². The van der Waals surface area contributed by atoms with Gasteiger partial charge in [0.15, 0.2) is 11.5 Å². The fraction of sp³-hybridized carbons (Fsp3) is 0.176. The van der Waals surface area contributed by atoms with Crippen molar-refractivity contribution >= 4 is 29.6 Å². The normalized spacial score (nSPS) is 10.0. The minimum absolute atomic E-state index is 0. The van der Waals surface area contributed by atoms with Crippen LogP contribution in [0.25, 0.3) is 11.2 Å². The molecule has 0 aliphatic carbocycles. The van der Waals surface area contributed by atoms with E-state index in [1.807, 2.05) is 24.3 Å². The van der Waals surface area contributed by atoms with Gasteiger partial charge in [-0.25, -0.2) is 4.79 Å². The quantitative estimate of drug-likeness (QED) is 0.305. The Balaban J connectivity index is 0.00000169. The maximum absolute atomic E-state index is 12.3. The van der Waals surface area contributed by atoms with Crippen LogP contribution in [-0.4, -0.2) is 32.8 Å². The minimum Gasteiger partial charge on any atom is -0.384 e. The summed E-state index contributed by atoms with van der Waals surface area (Å²) >= 11 is 0. The Labute approximate surface area is 175 Å². The van der Waals surface area contributed by atoms with Crippen molar-refractivity contribution in [3.05, 3.63) is 60.2 Å². The van der Waals surface area contributed by atoms with Crippen LogP contribution < -0.4 is 16.7 Å². The van der Waals surface area contributed by atoms with E-state index in [0.717, 1.165) is 11.1 Å². The van der Waals surface area contributed by atoms with Crippen LogP contribution in [-0.2, 0) is 13.1 Å². The van der Waals surface area contributed by atoms with E-state index >= 15 is 0 Å². The molecule has 0 saturated carbocycles. The van der Waals surface area contributed by atoms with Gasteiger partial charge in [-0.05, 0) is 17.8 Å². The zero-order chi connectivity index (χ0) is 17.1. The molecule has 0 atom stereocenters. The Hall–Kier alpha value is -2.11. The maximum atomic E-state index is 12.3. The second kappa shape index (κ2) is 9.55. The molecule has 8 nitrogen and oxygen atoms in total. The summed E-state index contributed by atoms with van der Waals surface area (Å²) in [7, 11) is 0. The first kappa shape index (κ1) is 21.9. The first-order valence-electron chi connectivity index (χ1n) is 7.42. The number of benzene rings is 1. The van der Waals surface area contributed by atoms with Crippen LogP contribution in [0.15, 0.2) is 34.1 Å². The average molecular weight is 577 g/mol. The summed E-state index contributed by atoms with van der Waals surface area (Å²) < 4.78 is 1.53. The number of aliphatic imine (C=N–C) groups is 1. The van der Waals surface area contributed by atoms with Gasteiger partial charge in [0, 0.05) is 0 Å². The van der Waals surface area contributed by atoms with Crippen molar-refractivity contribution in [1.29, 1.82) is 0 Å². The van der Waals surface area contributed by atoms with Gasteiger partial charge in [-0.3, -0.25) is 9.56 Å². The molecule has 9 heteroatoms. The first-order chi connectivity index (χ1) is 11.6. The van der Waals surface area contributed by atoms with Gasteiger partial charge >= 0.3 is 36.8 Å². The second-order valence-electron chi connectivity index (χ2n) is 5.27. The molecule has 0 radical (unpaired) electrons. The van der Waals surface area contributed by atoms with Gasteiger partial charge in [0.25, 0.3) is 0 Å². The summed E-state index contributed by atoms with van der Waals surface area (Å²) in [5.41, 5.74) is 8.54. The predicted octanol–water partition coefficient (Wildman–Crippen LogP) is 1.65. The van der Waals surface area contributed by atoms with Gasteiger partial charge in [-0.2, -0.15) is 9.97 Å². The number of aromatic amines is 1. The number of fused-ring (bicyclic) bond motifs is 1. The SMILES string of the molecule is C=NCc1ccc(Cn2c(=O)[nH]c3c(N)nc(NC[CH2-])nc32)cc1.[CH3-].[U+2]. The number of anilines is 2. The third-order valence-corrected chi connectivity index (χ3v) is 3.59. The number of hydrogen-bond acceptors (Lipinski definition) is 6. The van der Waals surface area contributed by atoms with E-state index in [0.29, 0.717) is 36.7 Å². The predicted molar refractivity (Wildman–Crippen MR) is 102 cm³/mol. The molecule has 26 heavy (non-hydrogen) atoms. The molecule has 0 spiro atoms. The molecule has 4 N–H and O–H groups in total. The smallest absolute Gasteiger partial charge is 0.384 e. The molecular formula is C17H21N7OU. The Bertz CT molecular complexity index is 931. The van der Waals surface area contributed by atoms with Gasteiger partial charge in [0.2, 0.25) is 5.95 Å². The molecule has 134 valence electrons. The number of nitrogens with two attached hydrogens (primary N) is 1. The van der Waals surface area contributed by atoms with Crippen molar-refractivity contribution in [2.45, 2.75) is 13.1 Å². The van der Waals surface area contributed by atoms with Crippen LogP contribution in [0.3, 0.4) is 0 Å². The van der Waals surface area contributed by atoms with Gasteiger partial charge in [0.1, 0.15) is 5.52 Å². The van der Waals surface area contributed by atoms with E-state index in [1.165, 1.54) is 4.57 Å². The second-order valence-corrected chi connectivity index (χ2v) is 5.27. The third kappa shape index (κ3) is 4.54. The van der Waals surface area contributed by atoms with Crippen molar-refractivity contribution < 1.29 is 31.1 Å². The molecule has 0 aliphatic rings. The molecule has 0 amide bonds. The number of hydrogen-bond donors (Lipinski definition) is 3. The summed E-state index contributed by atoms with van der Waals surface area (Å²) in [5.74, 6) is 0.564. The standard InChI is InChI=1S/C16H18N7O.CH3.U/c1-3-19-15-21-13(17)12-14(22-15)23(16(24)20-12)9-11-6-4-10(5-7-11)8-18-2;;/h4-7H,1-3,8-9H2,(H,20,24)(H3,17,19,21,22);1H3;/q2*-1;+2. The monoisotopic (exact) mass is 577 g/mol. The Morgan fingerprint density at radius 1 is 1.27 bits per heavy atom. The Kier molecular flexibility index (Phi) is 8.06. The van der Waals surface area contributed by atoms with Crippen molar-refractivity contribution in [1.82, 2.24) is 19.5 Å². The van der Waals surface area contributed by atoms with Crippen LogP contribution >= 0.6 is 0 Å². The van der Waals surface area contributed by atoms with Gasteiger partial charge in [-0.1, -0.05) is 24.3 Å². The molecule has 2 heterocycles.